The Hall–Kier alpha value is -2.72. The third-order valence-corrected chi connectivity index (χ3v) is 7.11. The Morgan fingerprint density at radius 2 is 2.04 bits per heavy atom. The molecule has 0 saturated carbocycles. The number of hydrogen-bond donors (Lipinski definition) is 0. The molecule has 28 heavy (non-hydrogen) atoms. The number of rotatable bonds is 5. The van der Waals surface area contributed by atoms with Crippen LogP contribution in [-0.4, -0.2) is 41.7 Å². The SMILES string of the molecule is O=C(Cn1nc(-c2cccs2)oc1=O)N(c1ccccc1)C1CCS(=O)(=O)C1. The topological polar surface area (TPSA) is 102 Å². The number of anilines is 1. The lowest BCUT2D eigenvalue weighted by Crippen LogP contribution is -2.44. The summed E-state index contributed by atoms with van der Waals surface area (Å²) in [4.78, 5) is 27.3. The molecule has 0 bridgehead atoms. The number of carbonyl (C=O) groups is 1. The maximum absolute atomic E-state index is 13.1. The van der Waals surface area contributed by atoms with Gasteiger partial charge in [-0.15, -0.1) is 16.4 Å². The first-order valence-corrected chi connectivity index (χ1v) is 11.3. The molecular formula is C18H17N3O5S2. The summed E-state index contributed by atoms with van der Waals surface area (Å²) in [5, 5.41) is 5.94. The third kappa shape index (κ3) is 3.78. The summed E-state index contributed by atoms with van der Waals surface area (Å²) >= 11 is 1.37. The molecule has 0 radical (unpaired) electrons. The van der Waals surface area contributed by atoms with Gasteiger partial charge < -0.3 is 9.32 Å². The van der Waals surface area contributed by atoms with E-state index in [-0.39, 0.29) is 23.9 Å². The first-order chi connectivity index (χ1) is 13.4. The van der Waals surface area contributed by atoms with E-state index in [0.29, 0.717) is 17.0 Å². The van der Waals surface area contributed by atoms with Gasteiger partial charge in [0.25, 0.3) is 5.89 Å². The molecule has 8 nitrogen and oxygen atoms in total. The van der Waals surface area contributed by atoms with Crippen LogP contribution in [0.2, 0.25) is 0 Å². The maximum atomic E-state index is 13.1. The van der Waals surface area contributed by atoms with Crippen LogP contribution in [-0.2, 0) is 21.2 Å². The number of benzene rings is 1. The fourth-order valence-corrected chi connectivity index (χ4v) is 5.58. The minimum absolute atomic E-state index is 0.0424. The fraction of sp³-hybridized carbons (Fsp3) is 0.278. The molecular weight excluding hydrogens is 402 g/mol. The van der Waals surface area contributed by atoms with E-state index in [2.05, 4.69) is 5.10 Å². The van der Waals surface area contributed by atoms with Crippen molar-refractivity contribution in [3.05, 3.63) is 58.4 Å². The number of hydrogen-bond acceptors (Lipinski definition) is 7. The van der Waals surface area contributed by atoms with Crippen LogP contribution in [0.25, 0.3) is 10.8 Å². The van der Waals surface area contributed by atoms with Gasteiger partial charge >= 0.3 is 5.76 Å². The van der Waals surface area contributed by atoms with Crippen molar-refractivity contribution in [2.75, 3.05) is 16.4 Å². The lowest BCUT2D eigenvalue weighted by molar-refractivity contribution is -0.119. The lowest BCUT2D eigenvalue weighted by atomic mass is 10.2. The van der Waals surface area contributed by atoms with Gasteiger partial charge in [0.15, 0.2) is 9.84 Å². The van der Waals surface area contributed by atoms with E-state index in [4.69, 9.17) is 4.42 Å². The van der Waals surface area contributed by atoms with Crippen LogP contribution in [0, 0.1) is 0 Å². The van der Waals surface area contributed by atoms with Gasteiger partial charge in [-0.25, -0.2) is 13.2 Å². The molecule has 4 rings (SSSR count). The van der Waals surface area contributed by atoms with Gasteiger partial charge in [0.2, 0.25) is 5.91 Å². The van der Waals surface area contributed by atoms with Crippen LogP contribution in [0.15, 0.2) is 57.1 Å². The minimum Gasteiger partial charge on any atom is -0.387 e. The molecule has 1 amide bonds. The summed E-state index contributed by atoms with van der Waals surface area (Å²) in [6, 6.07) is 11.9. The first kappa shape index (κ1) is 18.6. The molecule has 1 aromatic carbocycles. The zero-order chi connectivity index (χ0) is 19.7. The molecule has 0 spiro atoms. The second-order valence-electron chi connectivity index (χ2n) is 6.46. The Morgan fingerprint density at radius 3 is 2.68 bits per heavy atom. The summed E-state index contributed by atoms with van der Waals surface area (Å²) in [5.41, 5.74) is 0.588. The molecule has 3 heterocycles. The quantitative estimate of drug-likeness (QED) is 0.625. The smallest absolute Gasteiger partial charge is 0.387 e. The number of amides is 1. The highest BCUT2D eigenvalue weighted by Gasteiger charge is 2.35. The van der Waals surface area contributed by atoms with Crippen LogP contribution in [0.4, 0.5) is 5.69 Å². The summed E-state index contributed by atoms with van der Waals surface area (Å²) < 4.78 is 30.0. The fourth-order valence-electron chi connectivity index (χ4n) is 3.24. The molecule has 1 unspecified atom stereocenters. The molecule has 10 heteroatoms. The molecule has 1 fully saturated rings. The molecule has 1 saturated heterocycles. The second kappa shape index (κ2) is 7.36. The Bertz CT molecular complexity index is 1130. The van der Waals surface area contributed by atoms with Crippen molar-refractivity contribution >= 4 is 32.8 Å². The average Bonchev–Trinajstić information content (AvgIpc) is 3.38. The van der Waals surface area contributed by atoms with Crippen molar-refractivity contribution in [2.45, 2.75) is 19.0 Å². The van der Waals surface area contributed by atoms with E-state index in [0.717, 1.165) is 4.68 Å². The van der Waals surface area contributed by atoms with E-state index in [1.165, 1.54) is 16.2 Å². The highest BCUT2D eigenvalue weighted by Crippen LogP contribution is 2.25. The third-order valence-electron chi connectivity index (χ3n) is 4.50. The van der Waals surface area contributed by atoms with Crippen LogP contribution >= 0.6 is 11.3 Å². The van der Waals surface area contributed by atoms with Gasteiger partial charge in [-0.2, -0.15) is 4.68 Å². The second-order valence-corrected chi connectivity index (χ2v) is 9.64. The van der Waals surface area contributed by atoms with Crippen molar-refractivity contribution in [1.29, 1.82) is 0 Å². The van der Waals surface area contributed by atoms with Crippen molar-refractivity contribution in [2.24, 2.45) is 0 Å². The normalized spacial score (nSPS) is 18.2. The molecule has 0 N–H and O–H groups in total. The summed E-state index contributed by atoms with van der Waals surface area (Å²) in [6.07, 6.45) is 0.358. The highest BCUT2D eigenvalue weighted by molar-refractivity contribution is 7.91. The van der Waals surface area contributed by atoms with Crippen molar-refractivity contribution in [1.82, 2.24) is 9.78 Å². The Kier molecular flexibility index (Phi) is 4.90. The van der Waals surface area contributed by atoms with Crippen LogP contribution in [0.5, 0.6) is 0 Å². The molecule has 1 aliphatic rings. The predicted molar refractivity (Wildman–Crippen MR) is 105 cm³/mol. The van der Waals surface area contributed by atoms with E-state index >= 15 is 0 Å². The predicted octanol–water partition coefficient (Wildman–Crippen LogP) is 1.79. The van der Waals surface area contributed by atoms with E-state index in [1.54, 1.807) is 30.3 Å². The lowest BCUT2D eigenvalue weighted by Gasteiger charge is -2.28. The number of carbonyl (C=O) groups excluding carboxylic acids is 1. The molecule has 2 aromatic heterocycles. The minimum atomic E-state index is -3.18. The van der Waals surface area contributed by atoms with Crippen molar-refractivity contribution in [3.8, 4) is 10.8 Å². The van der Waals surface area contributed by atoms with Crippen LogP contribution < -0.4 is 10.7 Å². The zero-order valence-corrected chi connectivity index (χ0v) is 16.4. The summed E-state index contributed by atoms with van der Waals surface area (Å²) in [7, 11) is -3.18. The van der Waals surface area contributed by atoms with Crippen LogP contribution in [0.1, 0.15) is 6.42 Å². The van der Waals surface area contributed by atoms with E-state index in [1.807, 2.05) is 17.5 Å². The number of aromatic nitrogens is 2. The van der Waals surface area contributed by atoms with Gasteiger partial charge in [0.05, 0.1) is 22.4 Å². The average molecular weight is 419 g/mol. The molecule has 0 aliphatic carbocycles. The Balaban J connectivity index is 1.62. The van der Waals surface area contributed by atoms with E-state index in [9.17, 15) is 18.0 Å². The van der Waals surface area contributed by atoms with Gasteiger partial charge in [-0.05, 0) is 30.0 Å². The maximum Gasteiger partial charge on any atom is 0.437 e. The number of para-hydroxylation sites is 1. The van der Waals surface area contributed by atoms with Gasteiger partial charge in [0.1, 0.15) is 6.54 Å². The molecule has 1 atom stereocenters. The van der Waals surface area contributed by atoms with Gasteiger partial charge in [0, 0.05) is 5.69 Å². The Morgan fingerprint density at radius 1 is 1.25 bits per heavy atom. The molecule has 1 aliphatic heterocycles. The standard InChI is InChI=1S/C18H17N3O5S2/c22-16(11-20-18(23)26-17(19-20)15-7-4-9-27-15)21(13-5-2-1-3-6-13)14-8-10-28(24,25)12-14/h1-7,9,14H,8,10-12H2. The van der Waals surface area contributed by atoms with Crippen molar-refractivity contribution in [3.63, 3.8) is 0 Å². The number of nitrogens with zero attached hydrogens (tertiary/aromatic N) is 3. The highest BCUT2D eigenvalue weighted by atomic mass is 32.2. The molecule has 146 valence electrons. The van der Waals surface area contributed by atoms with Crippen molar-refractivity contribution < 1.29 is 17.6 Å². The monoisotopic (exact) mass is 419 g/mol. The van der Waals surface area contributed by atoms with Gasteiger partial charge in [-0.1, -0.05) is 24.3 Å². The first-order valence-electron chi connectivity index (χ1n) is 8.62. The summed E-state index contributed by atoms with van der Waals surface area (Å²) in [5.74, 6) is -1.05. The van der Waals surface area contributed by atoms with E-state index < -0.39 is 27.5 Å². The largest absolute Gasteiger partial charge is 0.437 e. The zero-order valence-electron chi connectivity index (χ0n) is 14.7. The summed E-state index contributed by atoms with van der Waals surface area (Å²) in [6.45, 7) is -0.334. The van der Waals surface area contributed by atoms with Crippen LogP contribution in [0.3, 0.4) is 0 Å². The number of sulfone groups is 1. The number of thiophene rings is 1. The Labute approximate surface area is 164 Å². The van der Waals surface area contributed by atoms with Gasteiger partial charge in [-0.3, -0.25) is 4.79 Å². The molecule has 3 aromatic rings.